The van der Waals surface area contributed by atoms with Gasteiger partial charge in [0.05, 0.1) is 16.8 Å². The largest absolute Gasteiger partial charge is 0.455 e. The molecule has 0 unspecified atom stereocenters. The van der Waals surface area contributed by atoms with Gasteiger partial charge in [0.2, 0.25) is 0 Å². The van der Waals surface area contributed by atoms with Crippen LogP contribution in [0.3, 0.4) is 0 Å². The molecule has 0 bridgehead atoms. The molecule has 0 saturated carbocycles. The highest BCUT2D eigenvalue weighted by molar-refractivity contribution is 6.13. The molecule has 0 saturated heterocycles. The van der Waals surface area contributed by atoms with Crippen LogP contribution < -0.4 is 9.80 Å². The van der Waals surface area contributed by atoms with Crippen LogP contribution in [0, 0.1) is 0 Å². The minimum atomic E-state index is -0.736. The average molecular weight is 967 g/mol. The summed E-state index contributed by atoms with van der Waals surface area (Å²) in [6, 6.07) is 103. The van der Waals surface area contributed by atoms with Crippen molar-refractivity contribution >= 4 is 56.1 Å². The zero-order valence-corrected chi connectivity index (χ0v) is 41.4. The number of hydrogen-bond acceptors (Lipinski definition) is 3. The molecule has 1 aromatic heterocycles. The molecule has 1 spiro atoms. The van der Waals surface area contributed by atoms with E-state index in [-0.39, 0.29) is 0 Å². The van der Waals surface area contributed by atoms with E-state index in [4.69, 9.17) is 4.42 Å². The van der Waals surface area contributed by atoms with E-state index in [9.17, 15) is 0 Å². The lowest BCUT2D eigenvalue weighted by molar-refractivity contribution is 0.669. The smallest absolute Gasteiger partial charge is 0.143 e. The van der Waals surface area contributed by atoms with Gasteiger partial charge in [0.25, 0.3) is 0 Å². The van der Waals surface area contributed by atoms with Crippen LogP contribution in [0.25, 0.3) is 88.7 Å². The van der Waals surface area contributed by atoms with E-state index < -0.39 is 5.41 Å². The van der Waals surface area contributed by atoms with Gasteiger partial charge >= 0.3 is 0 Å². The highest BCUT2D eigenvalue weighted by atomic mass is 16.3. The van der Waals surface area contributed by atoms with Gasteiger partial charge in [-0.3, -0.25) is 0 Å². The predicted molar refractivity (Wildman–Crippen MR) is 315 cm³/mol. The summed E-state index contributed by atoms with van der Waals surface area (Å²) in [5, 5.41) is 2.26. The molecule has 2 heterocycles. The van der Waals surface area contributed by atoms with Gasteiger partial charge in [-0.25, -0.2) is 0 Å². The number of anilines is 6. The van der Waals surface area contributed by atoms with Gasteiger partial charge in [0, 0.05) is 50.2 Å². The lowest BCUT2D eigenvalue weighted by Crippen LogP contribution is -2.29. The van der Waals surface area contributed by atoms with Crippen molar-refractivity contribution in [3.8, 4) is 66.8 Å². The molecule has 3 heteroatoms. The second kappa shape index (κ2) is 16.5. The normalized spacial score (nSPS) is 14.3. The Kier molecular flexibility index (Phi) is 9.25. The lowest BCUT2D eigenvalue weighted by atomic mass is 9.65. The summed E-state index contributed by atoms with van der Waals surface area (Å²) >= 11 is 0. The van der Waals surface area contributed by atoms with E-state index in [0.29, 0.717) is 0 Å². The maximum Gasteiger partial charge on any atom is 0.143 e. The minimum Gasteiger partial charge on any atom is -0.455 e. The number of rotatable bonds is 5. The van der Waals surface area contributed by atoms with Gasteiger partial charge in [-0.1, -0.05) is 212 Å². The highest BCUT2D eigenvalue weighted by Crippen LogP contribution is 2.64. The summed E-state index contributed by atoms with van der Waals surface area (Å²) in [5.41, 5.74) is 26.9. The molecule has 12 aromatic carbocycles. The zero-order chi connectivity index (χ0) is 49.9. The number of nitrogens with zero attached hydrogens (tertiary/aromatic N) is 2. The summed E-state index contributed by atoms with van der Waals surface area (Å²) in [6.07, 6.45) is 0. The molecular formula is C73H46N2O. The number of fused-ring (bicyclic) bond motifs is 21. The quantitative estimate of drug-likeness (QED) is 0.171. The number of benzene rings is 12. The van der Waals surface area contributed by atoms with Crippen LogP contribution >= 0.6 is 0 Å². The molecule has 0 amide bonds. The summed E-state index contributed by atoms with van der Waals surface area (Å²) in [7, 11) is 0. The molecule has 0 radical (unpaired) electrons. The van der Waals surface area contributed by atoms with E-state index in [0.717, 1.165) is 61.6 Å². The summed E-state index contributed by atoms with van der Waals surface area (Å²) in [4.78, 5) is 4.90. The van der Waals surface area contributed by atoms with E-state index >= 15 is 0 Å². The SMILES string of the molecule is c1ccc(-c2ccc(N(c3ccc4c(c3)-c3ccccc3N(c3ccccc3)c3ccccc3-4)c3ccc4c(c3)[C@@]3(c5ccccc5-c5ccccc5-4)c4ccccc4-c4c3ccc3c4oc4ccccc43)cc2)cc1. The maximum absolute atomic E-state index is 7.00. The Balaban J connectivity index is 0.987. The number of furan rings is 1. The highest BCUT2D eigenvalue weighted by Gasteiger charge is 2.51. The summed E-state index contributed by atoms with van der Waals surface area (Å²) < 4.78 is 7.00. The second-order valence-corrected chi connectivity index (χ2v) is 20.3. The van der Waals surface area contributed by atoms with Crippen molar-refractivity contribution in [1.29, 1.82) is 0 Å². The van der Waals surface area contributed by atoms with Crippen LogP contribution in [0.2, 0.25) is 0 Å². The molecule has 13 aromatic rings. The Morgan fingerprint density at radius 1 is 0.303 bits per heavy atom. The van der Waals surface area contributed by atoms with E-state index in [2.05, 4.69) is 289 Å². The topological polar surface area (TPSA) is 19.6 Å². The molecule has 1 atom stereocenters. The van der Waals surface area contributed by atoms with Gasteiger partial charge in [0.1, 0.15) is 11.2 Å². The molecule has 0 fully saturated rings. The van der Waals surface area contributed by atoms with Crippen molar-refractivity contribution < 1.29 is 4.42 Å². The van der Waals surface area contributed by atoms with Crippen molar-refractivity contribution in [2.75, 3.05) is 9.80 Å². The first-order chi connectivity index (χ1) is 37.7. The van der Waals surface area contributed by atoms with E-state index in [1.807, 2.05) is 0 Å². The van der Waals surface area contributed by atoms with E-state index in [1.165, 1.54) is 83.5 Å². The monoisotopic (exact) mass is 966 g/mol. The van der Waals surface area contributed by atoms with Crippen LogP contribution in [-0.4, -0.2) is 0 Å². The van der Waals surface area contributed by atoms with Gasteiger partial charge in [-0.05, 0) is 139 Å². The molecule has 0 N–H and O–H groups in total. The van der Waals surface area contributed by atoms with Gasteiger partial charge in [0.15, 0.2) is 0 Å². The zero-order valence-electron chi connectivity index (χ0n) is 41.4. The third kappa shape index (κ3) is 6.05. The third-order valence-electron chi connectivity index (χ3n) is 16.4. The first kappa shape index (κ1) is 42.5. The first-order valence-electron chi connectivity index (χ1n) is 26.2. The van der Waals surface area contributed by atoms with Crippen molar-refractivity contribution in [3.63, 3.8) is 0 Å². The van der Waals surface area contributed by atoms with Crippen LogP contribution in [0.4, 0.5) is 34.1 Å². The third-order valence-corrected chi connectivity index (χ3v) is 16.4. The van der Waals surface area contributed by atoms with Gasteiger partial charge < -0.3 is 14.2 Å². The number of hydrogen-bond donors (Lipinski definition) is 0. The van der Waals surface area contributed by atoms with Crippen LogP contribution in [0.5, 0.6) is 0 Å². The minimum absolute atomic E-state index is 0.736. The maximum atomic E-state index is 7.00. The van der Waals surface area contributed by atoms with E-state index in [1.54, 1.807) is 0 Å². The fraction of sp³-hybridized carbons (Fsp3) is 0.0137. The van der Waals surface area contributed by atoms with Crippen molar-refractivity contribution in [2.24, 2.45) is 0 Å². The standard InChI is InChI=1S/C73H46N2O/c1-3-19-47(20-4-1)48-35-37-50(38-36-48)74(51-39-41-55-58-26-11-16-32-68(58)75(49-21-5-2-6-22-49)69-33-17-12-27-59(69)63(55)45-51)52-40-42-57-54-24-8-7-23-53(54)56-25-9-14-30-64(56)73(67(57)46-52)65-31-15-10-29-62(65)71-66(73)44-43-61-60-28-13-18-34-70(60)76-72(61)71/h1-46H/t73-/m0/s1. The summed E-state index contributed by atoms with van der Waals surface area (Å²) in [5.74, 6) is 0. The predicted octanol–water partition coefficient (Wildman–Crippen LogP) is 19.9. The van der Waals surface area contributed by atoms with Crippen molar-refractivity contribution in [3.05, 3.63) is 301 Å². The molecule has 76 heavy (non-hydrogen) atoms. The Morgan fingerprint density at radius 3 is 1.53 bits per heavy atom. The van der Waals surface area contributed by atoms with Crippen LogP contribution in [0.15, 0.2) is 283 Å². The Hall–Kier alpha value is -9.96. The molecule has 354 valence electrons. The van der Waals surface area contributed by atoms with Gasteiger partial charge in [-0.2, -0.15) is 0 Å². The molecule has 3 aliphatic rings. The fourth-order valence-corrected chi connectivity index (χ4v) is 13.3. The Bertz CT molecular complexity index is 4480. The van der Waals surface area contributed by atoms with Gasteiger partial charge in [-0.15, -0.1) is 0 Å². The molecule has 3 nitrogen and oxygen atoms in total. The second-order valence-electron chi connectivity index (χ2n) is 20.3. The summed E-state index contributed by atoms with van der Waals surface area (Å²) in [6.45, 7) is 0. The van der Waals surface area contributed by atoms with Crippen LogP contribution in [-0.2, 0) is 5.41 Å². The molecule has 2 aliphatic carbocycles. The molecular weight excluding hydrogens is 921 g/mol. The molecule has 1 aliphatic heterocycles. The first-order valence-corrected chi connectivity index (χ1v) is 26.2. The van der Waals surface area contributed by atoms with Crippen molar-refractivity contribution in [2.45, 2.75) is 5.41 Å². The Morgan fingerprint density at radius 2 is 0.803 bits per heavy atom. The lowest BCUT2D eigenvalue weighted by Gasteiger charge is -2.36. The average Bonchev–Trinajstić information content (AvgIpc) is 4.19. The number of para-hydroxylation sites is 4. The fourth-order valence-electron chi connectivity index (χ4n) is 13.3. The van der Waals surface area contributed by atoms with Crippen molar-refractivity contribution in [1.82, 2.24) is 0 Å². The van der Waals surface area contributed by atoms with Crippen LogP contribution in [0.1, 0.15) is 22.3 Å². The Labute approximate surface area is 441 Å². The molecule has 16 rings (SSSR count).